The van der Waals surface area contributed by atoms with Crippen molar-refractivity contribution in [2.24, 2.45) is 5.92 Å². The molecule has 1 unspecified atom stereocenters. The molecule has 1 aliphatic heterocycles. The predicted octanol–water partition coefficient (Wildman–Crippen LogP) is 1.46. The molecule has 18 heavy (non-hydrogen) atoms. The number of terminal acetylenes is 1. The number of ether oxygens (including phenoxy) is 2. The lowest BCUT2D eigenvalue weighted by molar-refractivity contribution is -0.132. The van der Waals surface area contributed by atoms with Gasteiger partial charge in [-0.25, -0.2) is 0 Å². The molecule has 2 rings (SSSR count). The molecule has 1 saturated heterocycles. The highest BCUT2D eigenvalue weighted by atomic mass is 16.7. The third-order valence-corrected chi connectivity index (χ3v) is 2.90. The molecule has 2 aliphatic rings. The van der Waals surface area contributed by atoms with Gasteiger partial charge in [0.2, 0.25) is 0 Å². The molecule has 1 aliphatic carbocycles. The molecule has 1 heterocycles. The zero-order chi connectivity index (χ0) is 12.8. The van der Waals surface area contributed by atoms with Crippen molar-refractivity contribution in [2.45, 2.75) is 18.6 Å². The number of allylic oxidation sites excluding steroid dienone is 3. The maximum Gasteiger partial charge on any atom is 0.189 e. The largest absolute Gasteiger partial charge is 0.344 e. The summed E-state index contributed by atoms with van der Waals surface area (Å²) >= 11 is 0. The first-order chi connectivity index (χ1) is 8.78. The number of rotatable bonds is 1. The Bertz CT molecular complexity index is 476. The van der Waals surface area contributed by atoms with E-state index in [0.717, 1.165) is 6.29 Å². The van der Waals surface area contributed by atoms with Crippen molar-refractivity contribution in [2.75, 3.05) is 13.2 Å². The first kappa shape index (κ1) is 12.6. The van der Waals surface area contributed by atoms with Gasteiger partial charge in [-0.1, -0.05) is 17.8 Å². The molecule has 0 aromatic heterocycles. The molecule has 92 valence electrons. The number of carbonyl (C=O) groups is 1. The van der Waals surface area contributed by atoms with Gasteiger partial charge in [0, 0.05) is 12.3 Å². The Hall–Kier alpha value is -1.81. The Morgan fingerprint density at radius 1 is 1.39 bits per heavy atom. The van der Waals surface area contributed by atoms with Crippen molar-refractivity contribution >= 4 is 6.29 Å². The SMILES string of the molecule is C#C/C=C\C#CC1CC(C=O)=CC2(C1)OCCO2. The van der Waals surface area contributed by atoms with Crippen molar-refractivity contribution < 1.29 is 14.3 Å². The van der Waals surface area contributed by atoms with Gasteiger partial charge in [-0.3, -0.25) is 4.79 Å². The second kappa shape index (κ2) is 5.69. The highest BCUT2D eigenvalue weighted by Gasteiger charge is 2.40. The van der Waals surface area contributed by atoms with E-state index in [4.69, 9.17) is 15.9 Å². The van der Waals surface area contributed by atoms with Gasteiger partial charge >= 0.3 is 0 Å². The molecular weight excluding hydrogens is 228 g/mol. The third-order valence-electron chi connectivity index (χ3n) is 2.90. The van der Waals surface area contributed by atoms with Crippen LogP contribution in [0.25, 0.3) is 0 Å². The maximum absolute atomic E-state index is 11.0. The lowest BCUT2D eigenvalue weighted by atomic mass is 9.86. The molecule has 0 radical (unpaired) electrons. The quantitative estimate of drug-likeness (QED) is 0.516. The summed E-state index contributed by atoms with van der Waals surface area (Å²) in [6.07, 6.45) is 12.2. The summed E-state index contributed by atoms with van der Waals surface area (Å²) in [5, 5.41) is 0. The van der Waals surface area contributed by atoms with E-state index in [9.17, 15) is 4.79 Å². The van der Waals surface area contributed by atoms with Crippen LogP contribution in [0.4, 0.5) is 0 Å². The van der Waals surface area contributed by atoms with Crippen LogP contribution < -0.4 is 0 Å². The van der Waals surface area contributed by atoms with Crippen LogP contribution in [-0.4, -0.2) is 25.3 Å². The second-order valence-electron chi connectivity index (χ2n) is 4.24. The van der Waals surface area contributed by atoms with E-state index in [1.165, 1.54) is 0 Å². The molecule has 0 aromatic rings. The average Bonchev–Trinajstić information content (AvgIpc) is 2.82. The van der Waals surface area contributed by atoms with Gasteiger partial charge in [0.15, 0.2) is 5.79 Å². The zero-order valence-electron chi connectivity index (χ0n) is 10.0. The van der Waals surface area contributed by atoms with Crippen LogP contribution in [0.2, 0.25) is 0 Å². The lowest BCUT2D eigenvalue weighted by Gasteiger charge is -2.31. The number of aldehydes is 1. The van der Waals surface area contributed by atoms with E-state index in [0.29, 0.717) is 31.6 Å². The summed E-state index contributed by atoms with van der Waals surface area (Å²) in [5.74, 6) is 7.64. The van der Waals surface area contributed by atoms with Crippen LogP contribution >= 0.6 is 0 Å². The maximum atomic E-state index is 11.0. The van der Waals surface area contributed by atoms with Crippen LogP contribution in [0.3, 0.4) is 0 Å². The fourth-order valence-corrected chi connectivity index (χ4v) is 2.21. The van der Waals surface area contributed by atoms with Crippen LogP contribution in [-0.2, 0) is 14.3 Å². The molecule has 1 atom stereocenters. The zero-order valence-corrected chi connectivity index (χ0v) is 10.0. The first-order valence-electron chi connectivity index (χ1n) is 5.85. The van der Waals surface area contributed by atoms with Crippen LogP contribution in [0.15, 0.2) is 23.8 Å². The Labute approximate surface area is 107 Å². The summed E-state index contributed by atoms with van der Waals surface area (Å²) in [7, 11) is 0. The fourth-order valence-electron chi connectivity index (χ4n) is 2.21. The van der Waals surface area contributed by atoms with Gasteiger partial charge in [-0.2, -0.15) is 0 Å². The van der Waals surface area contributed by atoms with Gasteiger partial charge in [-0.05, 0) is 30.2 Å². The number of hydrogen-bond donors (Lipinski definition) is 0. The summed E-state index contributed by atoms with van der Waals surface area (Å²) in [6.45, 7) is 1.11. The van der Waals surface area contributed by atoms with E-state index in [2.05, 4.69) is 17.8 Å². The van der Waals surface area contributed by atoms with Crippen molar-refractivity contribution in [3.05, 3.63) is 23.8 Å². The minimum Gasteiger partial charge on any atom is -0.344 e. The molecular formula is C15H14O3. The van der Waals surface area contributed by atoms with Gasteiger partial charge in [0.05, 0.1) is 13.2 Å². The summed E-state index contributed by atoms with van der Waals surface area (Å²) in [4.78, 5) is 11.0. The summed E-state index contributed by atoms with van der Waals surface area (Å²) in [5.41, 5.74) is 0.684. The minimum absolute atomic E-state index is 0.0516. The molecule has 1 spiro atoms. The Balaban J connectivity index is 2.13. The summed E-state index contributed by atoms with van der Waals surface area (Å²) in [6, 6.07) is 0. The molecule has 0 amide bonds. The highest BCUT2D eigenvalue weighted by Crippen LogP contribution is 2.36. The predicted molar refractivity (Wildman–Crippen MR) is 67.3 cm³/mol. The second-order valence-corrected chi connectivity index (χ2v) is 4.24. The first-order valence-corrected chi connectivity index (χ1v) is 5.85. The van der Waals surface area contributed by atoms with Crippen molar-refractivity contribution in [1.29, 1.82) is 0 Å². The Morgan fingerprint density at radius 2 is 2.17 bits per heavy atom. The Morgan fingerprint density at radius 3 is 2.83 bits per heavy atom. The monoisotopic (exact) mass is 242 g/mol. The van der Waals surface area contributed by atoms with Gasteiger partial charge in [-0.15, -0.1) is 6.42 Å². The molecule has 0 N–H and O–H groups in total. The van der Waals surface area contributed by atoms with E-state index in [1.54, 1.807) is 18.2 Å². The highest BCUT2D eigenvalue weighted by molar-refractivity contribution is 5.74. The average molecular weight is 242 g/mol. The van der Waals surface area contributed by atoms with Gasteiger partial charge in [0.25, 0.3) is 0 Å². The molecule has 3 nitrogen and oxygen atoms in total. The van der Waals surface area contributed by atoms with E-state index in [-0.39, 0.29) is 5.92 Å². The van der Waals surface area contributed by atoms with Gasteiger partial charge in [0.1, 0.15) is 6.29 Å². The van der Waals surface area contributed by atoms with Gasteiger partial charge < -0.3 is 9.47 Å². The van der Waals surface area contributed by atoms with E-state index >= 15 is 0 Å². The topological polar surface area (TPSA) is 35.5 Å². The molecule has 0 saturated carbocycles. The molecule has 0 aromatic carbocycles. The lowest BCUT2D eigenvalue weighted by Crippen LogP contribution is -2.34. The van der Waals surface area contributed by atoms with Crippen LogP contribution in [0, 0.1) is 30.1 Å². The molecule has 1 fully saturated rings. The van der Waals surface area contributed by atoms with Crippen molar-refractivity contribution in [1.82, 2.24) is 0 Å². The third kappa shape index (κ3) is 2.90. The molecule has 3 heteroatoms. The number of carbonyl (C=O) groups excluding carboxylic acids is 1. The standard InChI is InChI=1S/C15H14O3/c1-2-3-4-5-6-13-9-14(12-16)11-15(10-13)17-7-8-18-15/h1,3-4,11-13H,7-10H2/b4-3-. The van der Waals surface area contributed by atoms with E-state index < -0.39 is 5.79 Å². The molecule has 0 bridgehead atoms. The van der Waals surface area contributed by atoms with Crippen molar-refractivity contribution in [3.63, 3.8) is 0 Å². The summed E-state index contributed by atoms with van der Waals surface area (Å²) < 4.78 is 11.2. The van der Waals surface area contributed by atoms with Crippen LogP contribution in [0.5, 0.6) is 0 Å². The van der Waals surface area contributed by atoms with Crippen LogP contribution in [0.1, 0.15) is 12.8 Å². The fraction of sp³-hybridized carbons (Fsp3) is 0.400. The smallest absolute Gasteiger partial charge is 0.189 e. The normalized spacial score (nSPS) is 25.3. The minimum atomic E-state index is -0.746. The number of hydrogen-bond acceptors (Lipinski definition) is 3. The van der Waals surface area contributed by atoms with Crippen molar-refractivity contribution in [3.8, 4) is 24.2 Å². The Kier molecular flexibility index (Phi) is 3.99. The van der Waals surface area contributed by atoms with E-state index in [1.807, 2.05) is 0 Å².